The SMILES string of the molecule is O.O.O=C([O-])C(O)C(O)C(=O)[O-].[Zn+2]. The van der Waals surface area contributed by atoms with Gasteiger partial charge in [0.05, 0.1) is 11.9 Å². The van der Waals surface area contributed by atoms with Gasteiger partial charge >= 0.3 is 19.5 Å². The summed E-state index contributed by atoms with van der Waals surface area (Å²) in [6, 6.07) is 0. The van der Waals surface area contributed by atoms with Crippen molar-refractivity contribution in [3.05, 3.63) is 0 Å². The zero-order chi connectivity index (χ0) is 8.31. The number of hydrogen-bond acceptors (Lipinski definition) is 6. The quantitative estimate of drug-likeness (QED) is 0.468. The summed E-state index contributed by atoms with van der Waals surface area (Å²) in [6.45, 7) is 0. The second-order valence-electron chi connectivity index (χ2n) is 1.53. The van der Waals surface area contributed by atoms with Gasteiger partial charge in [0, 0.05) is 0 Å². The van der Waals surface area contributed by atoms with Gasteiger partial charge in [-0.2, -0.15) is 0 Å². The molecular weight excluding hydrogens is 241 g/mol. The maximum absolute atomic E-state index is 9.63. The van der Waals surface area contributed by atoms with Gasteiger partial charge < -0.3 is 41.0 Å². The van der Waals surface area contributed by atoms with Gasteiger partial charge in [-0.15, -0.1) is 0 Å². The molecule has 6 N–H and O–H groups in total. The van der Waals surface area contributed by atoms with Crippen LogP contribution < -0.4 is 10.2 Å². The Morgan fingerprint density at radius 2 is 1.08 bits per heavy atom. The molecule has 0 radical (unpaired) electrons. The average molecular weight is 249 g/mol. The molecule has 8 nitrogen and oxygen atoms in total. The van der Waals surface area contributed by atoms with Gasteiger partial charge in [0.1, 0.15) is 12.2 Å². The van der Waals surface area contributed by atoms with Gasteiger partial charge in [0.2, 0.25) is 0 Å². The minimum atomic E-state index is -2.44. The van der Waals surface area contributed by atoms with Gasteiger partial charge in [-0.25, -0.2) is 0 Å². The van der Waals surface area contributed by atoms with E-state index in [-0.39, 0.29) is 30.4 Å². The van der Waals surface area contributed by atoms with Crippen molar-refractivity contribution in [1.82, 2.24) is 0 Å². The summed E-state index contributed by atoms with van der Waals surface area (Å²) >= 11 is 0. The first kappa shape index (κ1) is 22.8. The second-order valence-corrected chi connectivity index (χ2v) is 1.53. The summed E-state index contributed by atoms with van der Waals surface area (Å²) in [5, 5.41) is 35.7. The molecule has 0 aromatic rings. The van der Waals surface area contributed by atoms with Gasteiger partial charge in [0.25, 0.3) is 0 Å². The molecular formula is C4H8O8Zn. The molecule has 74 valence electrons. The Morgan fingerprint density at radius 1 is 0.923 bits per heavy atom. The summed E-state index contributed by atoms with van der Waals surface area (Å²) in [6.07, 6.45) is -4.88. The van der Waals surface area contributed by atoms with Crippen LogP contribution in [0, 0.1) is 0 Å². The number of carbonyl (C=O) groups excluding carboxylic acids is 2. The maximum Gasteiger partial charge on any atom is 2.00 e. The third-order valence-electron chi connectivity index (χ3n) is 0.782. The van der Waals surface area contributed by atoms with Crippen LogP contribution in [0.2, 0.25) is 0 Å². The normalized spacial score (nSPS) is 12.2. The van der Waals surface area contributed by atoms with Crippen LogP contribution in [0.25, 0.3) is 0 Å². The Kier molecular flexibility index (Phi) is 16.7. The average Bonchev–Trinajstić information content (AvgIpc) is 1.84. The molecule has 0 aromatic carbocycles. The molecule has 0 bridgehead atoms. The predicted octanol–water partition coefficient (Wildman–Crippen LogP) is -6.44. The molecule has 0 rings (SSSR count). The topological polar surface area (TPSA) is 184 Å². The van der Waals surface area contributed by atoms with E-state index in [1.54, 1.807) is 0 Å². The van der Waals surface area contributed by atoms with Crippen LogP contribution in [0.5, 0.6) is 0 Å². The van der Waals surface area contributed by atoms with Crippen molar-refractivity contribution < 1.29 is 60.4 Å². The number of aliphatic hydroxyl groups is 2. The largest absolute Gasteiger partial charge is 2.00 e. The molecule has 0 amide bonds. The van der Waals surface area contributed by atoms with Crippen molar-refractivity contribution >= 4 is 11.9 Å². The Balaban J connectivity index is -0.000000135. The van der Waals surface area contributed by atoms with Crippen molar-refractivity contribution in [2.75, 3.05) is 0 Å². The van der Waals surface area contributed by atoms with E-state index in [4.69, 9.17) is 10.2 Å². The summed E-state index contributed by atoms with van der Waals surface area (Å²) in [5.41, 5.74) is 0. The number of hydrogen-bond donors (Lipinski definition) is 2. The number of aliphatic hydroxyl groups excluding tert-OH is 2. The number of carboxylic acids is 2. The fourth-order valence-electron chi connectivity index (χ4n) is 0.258. The molecule has 0 spiro atoms. The molecule has 0 aliphatic heterocycles. The number of carbonyl (C=O) groups is 2. The van der Waals surface area contributed by atoms with Gasteiger partial charge in [0.15, 0.2) is 0 Å². The van der Waals surface area contributed by atoms with E-state index >= 15 is 0 Å². The third-order valence-corrected chi connectivity index (χ3v) is 0.782. The van der Waals surface area contributed by atoms with E-state index in [1.165, 1.54) is 0 Å². The first-order chi connectivity index (χ1) is 4.46. The van der Waals surface area contributed by atoms with Gasteiger partial charge in [-0.3, -0.25) is 0 Å². The zero-order valence-electron chi connectivity index (χ0n) is 6.39. The molecule has 0 saturated heterocycles. The molecule has 2 atom stereocenters. The molecule has 0 fully saturated rings. The zero-order valence-corrected chi connectivity index (χ0v) is 9.36. The van der Waals surface area contributed by atoms with Gasteiger partial charge in [-0.1, -0.05) is 0 Å². The fraction of sp³-hybridized carbons (Fsp3) is 0.500. The number of aliphatic carboxylic acids is 2. The van der Waals surface area contributed by atoms with Crippen LogP contribution in [0.15, 0.2) is 0 Å². The van der Waals surface area contributed by atoms with E-state index < -0.39 is 24.1 Å². The number of rotatable bonds is 3. The molecule has 13 heavy (non-hydrogen) atoms. The first-order valence-corrected chi connectivity index (χ1v) is 2.24. The monoisotopic (exact) mass is 248 g/mol. The van der Waals surface area contributed by atoms with E-state index in [0.717, 1.165) is 0 Å². The van der Waals surface area contributed by atoms with E-state index in [1.807, 2.05) is 0 Å². The predicted molar refractivity (Wildman–Crippen MR) is 29.3 cm³/mol. The minimum Gasteiger partial charge on any atom is -0.547 e. The Bertz CT molecular complexity index is 140. The maximum atomic E-state index is 9.63. The minimum absolute atomic E-state index is 0. The standard InChI is InChI=1S/C4H6O6.2H2O.Zn/c5-1(3(7)8)2(6)4(9)10;;;/h1-2,5-6H,(H,7,8)(H,9,10);2*1H2;/q;;;+2/p-2. The molecule has 9 heteroatoms. The Morgan fingerprint density at radius 3 is 1.15 bits per heavy atom. The molecule has 2 unspecified atom stereocenters. The molecule has 0 saturated carbocycles. The first-order valence-electron chi connectivity index (χ1n) is 2.24. The summed E-state index contributed by atoms with van der Waals surface area (Å²) in [7, 11) is 0. The van der Waals surface area contributed by atoms with Crippen molar-refractivity contribution in [2.45, 2.75) is 12.2 Å². The Hall–Kier alpha value is -0.597. The van der Waals surface area contributed by atoms with E-state index in [2.05, 4.69) is 0 Å². The van der Waals surface area contributed by atoms with Crippen LogP contribution in [0.4, 0.5) is 0 Å². The van der Waals surface area contributed by atoms with Crippen LogP contribution in [0.3, 0.4) is 0 Å². The van der Waals surface area contributed by atoms with Crippen LogP contribution in [0.1, 0.15) is 0 Å². The molecule has 0 aromatic heterocycles. The van der Waals surface area contributed by atoms with E-state index in [0.29, 0.717) is 0 Å². The van der Waals surface area contributed by atoms with Gasteiger partial charge in [-0.05, 0) is 0 Å². The fourth-order valence-corrected chi connectivity index (χ4v) is 0.258. The Labute approximate surface area is 85.2 Å². The van der Waals surface area contributed by atoms with Crippen molar-refractivity contribution in [3.8, 4) is 0 Å². The second kappa shape index (κ2) is 9.49. The summed E-state index contributed by atoms with van der Waals surface area (Å²) < 4.78 is 0. The van der Waals surface area contributed by atoms with Crippen molar-refractivity contribution in [2.24, 2.45) is 0 Å². The van der Waals surface area contributed by atoms with Crippen LogP contribution in [-0.2, 0) is 29.1 Å². The number of carboxylic acid groups (broad SMARTS) is 2. The molecule has 0 heterocycles. The van der Waals surface area contributed by atoms with Crippen LogP contribution in [-0.4, -0.2) is 45.3 Å². The van der Waals surface area contributed by atoms with Crippen molar-refractivity contribution in [1.29, 1.82) is 0 Å². The third kappa shape index (κ3) is 7.75. The van der Waals surface area contributed by atoms with Crippen molar-refractivity contribution in [3.63, 3.8) is 0 Å². The smallest absolute Gasteiger partial charge is 0.547 e. The summed E-state index contributed by atoms with van der Waals surface area (Å²) in [4.78, 5) is 19.3. The molecule has 0 aliphatic rings. The molecule has 0 aliphatic carbocycles. The summed E-state index contributed by atoms with van der Waals surface area (Å²) in [5.74, 6) is -4.12. The van der Waals surface area contributed by atoms with E-state index in [9.17, 15) is 19.8 Å². The van der Waals surface area contributed by atoms with Crippen LogP contribution >= 0.6 is 0 Å².